The summed E-state index contributed by atoms with van der Waals surface area (Å²) in [6, 6.07) is 70.9. The molecule has 0 saturated heterocycles. The number of pyridine rings is 1. The molecule has 234 valence electrons. The molecule has 5 heteroatoms. The first kappa shape index (κ1) is 32.5. The molecule has 0 amide bonds. The van der Waals surface area contributed by atoms with Crippen LogP contribution in [0.3, 0.4) is 0 Å². The van der Waals surface area contributed by atoms with Gasteiger partial charge in [-0.3, -0.25) is 0 Å². The summed E-state index contributed by atoms with van der Waals surface area (Å²) in [6.45, 7) is 0.820. The second-order valence-electron chi connectivity index (χ2n) is 11.8. The number of hydrogen-bond acceptors (Lipinski definition) is 3. The standard InChI is InChI=1S/C7H7NO2.6C6H5.2Sn/c9-4-6-2-1-3-7(5-10)8-6;6*1-2-4-6-5-3-1;;/h1-3H,4-5H2;6*1-5H;;/q-2;;;;;;;2*+1. The summed E-state index contributed by atoms with van der Waals surface area (Å²) in [5.41, 5.74) is 1.81. The molecular weight excluding hydrogens is 800 g/mol. The Morgan fingerprint density at radius 1 is 0.292 bits per heavy atom. The fraction of sp³-hybridized carbons (Fsp3) is 0.0465. The molecule has 1 aromatic heterocycles. The zero-order valence-electron chi connectivity index (χ0n) is 26.7. The molecule has 0 fully saturated rings. The van der Waals surface area contributed by atoms with Gasteiger partial charge in [0.2, 0.25) is 0 Å². The van der Waals surface area contributed by atoms with Gasteiger partial charge in [-0.2, -0.15) is 0 Å². The van der Waals surface area contributed by atoms with E-state index in [1.807, 2.05) is 0 Å². The Hall–Kier alpha value is -4.01. The quantitative estimate of drug-likeness (QED) is 0.154. The van der Waals surface area contributed by atoms with Gasteiger partial charge in [-0.1, -0.05) is 0 Å². The van der Waals surface area contributed by atoms with Crippen molar-refractivity contribution in [1.29, 1.82) is 0 Å². The molecule has 7 rings (SSSR count). The minimum absolute atomic E-state index is 0.410. The van der Waals surface area contributed by atoms with Gasteiger partial charge in [0.25, 0.3) is 0 Å². The average molecular weight is 837 g/mol. The Bertz CT molecular complexity index is 1670. The Labute approximate surface area is 292 Å². The van der Waals surface area contributed by atoms with Gasteiger partial charge < -0.3 is 0 Å². The van der Waals surface area contributed by atoms with E-state index < -0.39 is 37.6 Å². The van der Waals surface area contributed by atoms with Gasteiger partial charge in [0.1, 0.15) is 0 Å². The van der Waals surface area contributed by atoms with E-state index in [-0.39, 0.29) is 0 Å². The molecule has 0 unspecified atom stereocenters. The van der Waals surface area contributed by atoms with Crippen LogP contribution in [0.2, 0.25) is 0 Å². The van der Waals surface area contributed by atoms with Gasteiger partial charge >= 0.3 is 295 Å². The Morgan fingerprint density at radius 3 is 0.750 bits per heavy atom. The van der Waals surface area contributed by atoms with Crippen molar-refractivity contribution < 1.29 is 6.15 Å². The van der Waals surface area contributed by atoms with Crippen LogP contribution < -0.4 is 21.5 Å². The van der Waals surface area contributed by atoms with Gasteiger partial charge in [-0.15, -0.1) is 0 Å². The first-order valence-electron chi connectivity index (χ1n) is 16.3. The molecule has 0 spiro atoms. The van der Waals surface area contributed by atoms with Crippen LogP contribution in [0.5, 0.6) is 0 Å². The van der Waals surface area contributed by atoms with Crippen molar-refractivity contribution in [3.05, 3.63) is 212 Å². The molecule has 0 radical (unpaired) electrons. The molecule has 0 bridgehead atoms. The number of benzene rings is 6. The summed E-state index contributed by atoms with van der Waals surface area (Å²) in [6.07, 6.45) is 0. The number of aromatic nitrogens is 1. The first-order valence-corrected chi connectivity index (χ1v) is 27.2. The third-order valence-corrected chi connectivity index (χ3v) is 31.7. The van der Waals surface area contributed by atoms with E-state index in [0.29, 0.717) is 13.2 Å². The van der Waals surface area contributed by atoms with E-state index >= 15 is 0 Å². The zero-order chi connectivity index (χ0) is 32.5. The summed E-state index contributed by atoms with van der Waals surface area (Å²) in [7, 11) is 0. The SMILES string of the molecule is c1cc[c]([Sn]([O]Cc2cccc(C[O][Sn]([c]3ccccc3)([c]3ccccc3)[c]3ccccc3)n2)([c]2ccccc2)[c]2ccccc2)cc1. The van der Waals surface area contributed by atoms with E-state index in [0.717, 1.165) is 11.4 Å². The van der Waals surface area contributed by atoms with Crippen LogP contribution in [0, 0.1) is 0 Å². The number of rotatable bonds is 12. The molecule has 0 aliphatic rings. The molecule has 0 atom stereocenters. The molecule has 0 saturated carbocycles. The molecular formula is C43H37NO2Sn2. The molecule has 1 heterocycles. The predicted molar refractivity (Wildman–Crippen MR) is 202 cm³/mol. The second kappa shape index (κ2) is 15.5. The van der Waals surface area contributed by atoms with Crippen LogP contribution in [-0.2, 0) is 19.4 Å². The van der Waals surface area contributed by atoms with Crippen LogP contribution in [-0.4, -0.2) is 42.6 Å². The van der Waals surface area contributed by atoms with Crippen molar-refractivity contribution in [2.24, 2.45) is 0 Å². The van der Waals surface area contributed by atoms with E-state index in [9.17, 15) is 0 Å². The molecule has 0 aliphatic heterocycles. The molecule has 7 aromatic rings. The monoisotopic (exact) mass is 839 g/mol. The number of hydrogen-bond donors (Lipinski definition) is 0. The van der Waals surface area contributed by atoms with Crippen LogP contribution in [0.4, 0.5) is 0 Å². The van der Waals surface area contributed by atoms with Gasteiger partial charge in [-0.05, 0) is 0 Å². The maximum absolute atomic E-state index is 7.30. The van der Waals surface area contributed by atoms with Gasteiger partial charge in [0, 0.05) is 0 Å². The Morgan fingerprint density at radius 2 is 0.521 bits per heavy atom. The maximum atomic E-state index is 7.30. The van der Waals surface area contributed by atoms with E-state index in [4.69, 9.17) is 11.1 Å². The summed E-state index contributed by atoms with van der Waals surface area (Å²) in [4.78, 5) is 5.16. The van der Waals surface area contributed by atoms with Crippen molar-refractivity contribution in [1.82, 2.24) is 4.98 Å². The topological polar surface area (TPSA) is 31.4 Å². The molecule has 0 aliphatic carbocycles. The van der Waals surface area contributed by atoms with Gasteiger partial charge in [-0.25, -0.2) is 0 Å². The third-order valence-electron chi connectivity index (χ3n) is 8.82. The third kappa shape index (κ3) is 6.78. The molecule has 48 heavy (non-hydrogen) atoms. The molecule has 6 aromatic carbocycles. The first-order chi connectivity index (χ1) is 23.8. The average Bonchev–Trinajstić information content (AvgIpc) is 3.18. The van der Waals surface area contributed by atoms with Crippen LogP contribution in [0.1, 0.15) is 11.4 Å². The summed E-state index contributed by atoms with van der Waals surface area (Å²) in [5, 5.41) is 0. The predicted octanol–water partition coefficient (Wildman–Crippen LogP) is 5.45. The van der Waals surface area contributed by atoms with Crippen molar-refractivity contribution >= 4 is 59.1 Å². The Balaban J connectivity index is 1.24. The Kier molecular flexibility index (Phi) is 10.5. The van der Waals surface area contributed by atoms with E-state index in [2.05, 4.69) is 200 Å². The van der Waals surface area contributed by atoms with Crippen LogP contribution in [0.15, 0.2) is 200 Å². The van der Waals surface area contributed by atoms with Crippen molar-refractivity contribution in [2.45, 2.75) is 13.2 Å². The summed E-state index contributed by atoms with van der Waals surface area (Å²) < 4.78 is 22.2. The van der Waals surface area contributed by atoms with Crippen LogP contribution >= 0.6 is 0 Å². The normalized spacial score (nSPS) is 11.7. The zero-order valence-corrected chi connectivity index (χ0v) is 32.4. The number of nitrogens with zero attached hydrogens (tertiary/aromatic N) is 1. The fourth-order valence-corrected chi connectivity index (χ4v) is 28.6. The summed E-state index contributed by atoms with van der Waals surface area (Å²) in [5.74, 6) is 0. The summed E-state index contributed by atoms with van der Waals surface area (Å²) >= 11 is -7.82. The van der Waals surface area contributed by atoms with Crippen molar-refractivity contribution in [2.75, 3.05) is 0 Å². The van der Waals surface area contributed by atoms with Gasteiger partial charge in [0.15, 0.2) is 0 Å². The second-order valence-corrected chi connectivity index (χ2v) is 31.1. The van der Waals surface area contributed by atoms with E-state index in [1.54, 1.807) is 0 Å². The fourth-order valence-electron chi connectivity index (χ4n) is 6.59. The van der Waals surface area contributed by atoms with Gasteiger partial charge in [0.05, 0.1) is 0 Å². The van der Waals surface area contributed by atoms with Crippen molar-refractivity contribution in [3.63, 3.8) is 0 Å². The van der Waals surface area contributed by atoms with Crippen LogP contribution in [0.25, 0.3) is 0 Å². The molecule has 3 nitrogen and oxygen atoms in total. The van der Waals surface area contributed by atoms with E-state index in [1.165, 1.54) is 21.5 Å². The minimum atomic E-state index is -3.91. The molecule has 0 N–H and O–H groups in total. The van der Waals surface area contributed by atoms with Crippen molar-refractivity contribution in [3.8, 4) is 0 Å².